The van der Waals surface area contributed by atoms with Crippen LogP contribution in [0.3, 0.4) is 0 Å². The predicted octanol–water partition coefficient (Wildman–Crippen LogP) is 4.23. The van der Waals surface area contributed by atoms with Crippen LogP contribution in [0.2, 0.25) is 0 Å². The molecule has 27 heavy (non-hydrogen) atoms. The van der Waals surface area contributed by atoms with Gasteiger partial charge < -0.3 is 5.32 Å². The van der Waals surface area contributed by atoms with E-state index in [9.17, 15) is 13.2 Å². The zero-order valence-electron chi connectivity index (χ0n) is 15.1. The molecule has 0 saturated carbocycles. The molecule has 2 aromatic carbocycles. The average Bonchev–Trinajstić information content (AvgIpc) is 3.11. The molecule has 1 amide bonds. The van der Waals surface area contributed by atoms with Gasteiger partial charge in [0.15, 0.2) is 15.0 Å². The second-order valence-electron chi connectivity index (χ2n) is 6.29. The maximum absolute atomic E-state index is 12.3. The number of rotatable bonds is 6. The summed E-state index contributed by atoms with van der Waals surface area (Å²) in [5.74, 6) is -0.603. The number of anilines is 1. The molecule has 5 nitrogen and oxygen atoms in total. The van der Waals surface area contributed by atoms with Gasteiger partial charge in [0.05, 0.1) is 16.3 Å². The topological polar surface area (TPSA) is 76.1 Å². The van der Waals surface area contributed by atoms with E-state index in [0.717, 1.165) is 22.4 Å². The van der Waals surface area contributed by atoms with Crippen LogP contribution in [-0.2, 0) is 14.6 Å². The molecule has 1 aromatic heterocycles. The van der Waals surface area contributed by atoms with Crippen LogP contribution in [-0.4, -0.2) is 25.1 Å². The fourth-order valence-corrected chi connectivity index (χ4v) is 4.61. The standard InChI is InChI=1S/C20H20N2O3S2/c1-14-8-9-15(2)17(12-14)18-13-26-20(21-18)22-19(23)10-11-27(24,25)16-6-4-3-5-7-16/h3-9,12-13H,10-11H2,1-2H3,(H,21,22,23). The number of sulfone groups is 1. The number of benzene rings is 2. The van der Waals surface area contributed by atoms with Gasteiger partial charge in [0.1, 0.15) is 0 Å². The van der Waals surface area contributed by atoms with Crippen molar-refractivity contribution >= 4 is 32.2 Å². The average molecular weight is 401 g/mol. The number of amides is 1. The largest absolute Gasteiger partial charge is 0.302 e. The third-order valence-corrected chi connectivity index (χ3v) is 6.61. The number of carbonyl (C=O) groups is 1. The highest BCUT2D eigenvalue weighted by molar-refractivity contribution is 7.91. The molecule has 0 atom stereocenters. The normalized spacial score (nSPS) is 11.3. The van der Waals surface area contributed by atoms with Gasteiger partial charge >= 0.3 is 0 Å². The van der Waals surface area contributed by atoms with Crippen molar-refractivity contribution in [3.63, 3.8) is 0 Å². The summed E-state index contributed by atoms with van der Waals surface area (Å²) >= 11 is 1.32. The molecule has 0 fully saturated rings. The number of hydrogen-bond donors (Lipinski definition) is 1. The molecule has 7 heteroatoms. The van der Waals surface area contributed by atoms with Gasteiger partial charge in [0.2, 0.25) is 5.91 Å². The van der Waals surface area contributed by atoms with Crippen molar-refractivity contribution in [3.05, 3.63) is 65.0 Å². The molecule has 1 N–H and O–H groups in total. The highest BCUT2D eigenvalue weighted by Crippen LogP contribution is 2.28. The van der Waals surface area contributed by atoms with Crippen molar-refractivity contribution in [1.29, 1.82) is 0 Å². The molecule has 0 aliphatic carbocycles. The van der Waals surface area contributed by atoms with Gasteiger partial charge in [-0.25, -0.2) is 13.4 Å². The SMILES string of the molecule is Cc1ccc(C)c(-c2csc(NC(=O)CCS(=O)(=O)c3ccccc3)n2)c1. The second-order valence-corrected chi connectivity index (χ2v) is 9.25. The molecule has 0 bridgehead atoms. The predicted molar refractivity (Wildman–Crippen MR) is 109 cm³/mol. The minimum absolute atomic E-state index is 0.115. The van der Waals surface area contributed by atoms with Gasteiger partial charge in [-0.15, -0.1) is 11.3 Å². The third kappa shape index (κ3) is 4.81. The van der Waals surface area contributed by atoms with E-state index >= 15 is 0 Å². The summed E-state index contributed by atoms with van der Waals surface area (Å²) in [5.41, 5.74) is 4.07. The zero-order valence-corrected chi connectivity index (χ0v) is 16.7. The van der Waals surface area contributed by atoms with E-state index < -0.39 is 9.84 Å². The molecule has 0 spiro atoms. The van der Waals surface area contributed by atoms with Crippen molar-refractivity contribution < 1.29 is 13.2 Å². The Bertz CT molecular complexity index is 1060. The Morgan fingerprint density at radius 2 is 1.85 bits per heavy atom. The molecule has 0 aliphatic rings. The van der Waals surface area contributed by atoms with Crippen LogP contribution in [0, 0.1) is 13.8 Å². The van der Waals surface area contributed by atoms with E-state index in [-0.39, 0.29) is 23.0 Å². The number of nitrogens with zero attached hydrogens (tertiary/aromatic N) is 1. The molecule has 0 saturated heterocycles. The van der Waals surface area contributed by atoms with Crippen LogP contribution in [0.15, 0.2) is 58.8 Å². The van der Waals surface area contributed by atoms with E-state index in [4.69, 9.17) is 0 Å². The summed E-state index contributed by atoms with van der Waals surface area (Å²) in [7, 11) is -3.47. The Morgan fingerprint density at radius 1 is 1.11 bits per heavy atom. The first-order valence-electron chi connectivity index (χ1n) is 8.46. The van der Waals surface area contributed by atoms with Gasteiger partial charge in [0, 0.05) is 17.4 Å². The maximum atomic E-state index is 12.3. The molecular formula is C20H20N2O3S2. The monoisotopic (exact) mass is 400 g/mol. The number of aryl methyl sites for hydroxylation is 2. The van der Waals surface area contributed by atoms with Gasteiger partial charge in [-0.2, -0.15) is 0 Å². The fourth-order valence-electron chi connectivity index (χ4n) is 2.62. The number of thiazole rings is 1. The van der Waals surface area contributed by atoms with Crippen molar-refractivity contribution in [2.75, 3.05) is 11.1 Å². The van der Waals surface area contributed by atoms with Gasteiger partial charge in [-0.1, -0.05) is 35.9 Å². The van der Waals surface area contributed by atoms with Crippen LogP contribution in [0.5, 0.6) is 0 Å². The lowest BCUT2D eigenvalue weighted by atomic mass is 10.0. The minimum atomic E-state index is -3.47. The highest BCUT2D eigenvalue weighted by atomic mass is 32.2. The van der Waals surface area contributed by atoms with E-state index in [1.165, 1.54) is 23.5 Å². The van der Waals surface area contributed by atoms with Crippen LogP contribution in [0.1, 0.15) is 17.5 Å². The molecule has 1 heterocycles. The Kier molecular flexibility index (Phi) is 5.72. The van der Waals surface area contributed by atoms with Crippen molar-refractivity contribution in [2.45, 2.75) is 25.2 Å². The van der Waals surface area contributed by atoms with Gasteiger partial charge in [0.25, 0.3) is 0 Å². The lowest BCUT2D eigenvalue weighted by Crippen LogP contribution is -2.17. The van der Waals surface area contributed by atoms with E-state index in [2.05, 4.69) is 16.4 Å². The number of nitrogens with one attached hydrogen (secondary N) is 1. The van der Waals surface area contributed by atoms with E-state index in [0.29, 0.717) is 5.13 Å². The minimum Gasteiger partial charge on any atom is -0.302 e. The molecule has 0 aliphatic heterocycles. The van der Waals surface area contributed by atoms with Crippen LogP contribution >= 0.6 is 11.3 Å². The third-order valence-electron chi connectivity index (χ3n) is 4.12. The summed E-state index contributed by atoms with van der Waals surface area (Å²) in [4.78, 5) is 16.8. The van der Waals surface area contributed by atoms with Crippen molar-refractivity contribution in [2.24, 2.45) is 0 Å². The molecular weight excluding hydrogens is 380 g/mol. The number of aromatic nitrogens is 1. The summed E-state index contributed by atoms with van der Waals surface area (Å²) < 4.78 is 24.5. The number of carbonyl (C=O) groups excluding carboxylic acids is 1. The lowest BCUT2D eigenvalue weighted by Gasteiger charge is -2.05. The zero-order chi connectivity index (χ0) is 19.4. The summed E-state index contributed by atoms with van der Waals surface area (Å²) in [6.45, 7) is 4.03. The Morgan fingerprint density at radius 3 is 2.59 bits per heavy atom. The molecule has 0 unspecified atom stereocenters. The van der Waals surface area contributed by atoms with Crippen LogP contribution in [0.25, 0.3) is 11.3 Å². The first-order valence-corrected chi connectivity index (χ1v) is 11.0. The quantitative estimate of drug-likeness (QED) is 0.672. The summed E-state index contributed by atoms with van der Waals surface area (Å²) in [5, 5.41) is 5.05. The van der Waals surface area contributed by atoms with Crippen molar-refractivity contribution in [1.82, 2.24) is 4.98 Å². The molecule has 3 aromatic rings. The summed E-state index contributed by atoms with van der Waals surface area (Å²) in [6, 6.07) is 14.3. The second kappa shape index (κ2) is 8.02. The lowest BCUT2D eigenvalue weighted by molar-refractivity contribution is -0.115. The maximum Gasteiger partial charge on any atom is 0.227 e. The Labute approximate surface area is 163 Å². The highest BCUT2D eigenvalue weighted by Gasteiger charge is 2.17. The fraction of sp³-hybridized carbons (Fsp3) is 0.200. The summed E-state index contributed by atoms with van der Waals surface area (Å²) in [6.07, 6.45) is -0.115. The number of hydrogen-bond acceptors (Lipinski definition) is 5. The van der Waals surface area contributed by atoms with Gasteiger partial charge in [-0.3, -0.25) is 4.79 Å². The molecule has 3 rings (SSSR count). The molecule has 140 valence electrons. The van der Waals surface area contributed by atoms with E-state index in [1.54, 1.807) is 18.2 Å². The first kappa shape index (κ1) is 19.3. The van der Waals surface area contributed by atoms with Crippen LogP contribution < -0.4 is 5.32 Å². The smallest absolute Gasteiger partial charge is 0.227 e. The van der Waals surface area contributed by atoms with E-state index in [1.807, 2.05) is 31.4 Å². The van der Waals surface area contributed by atoms with Crippen molar-refractivity contribution in [3.8, 4) is 11.3 Å². The Balaban J connectivity index is 1.64. The first-order chi connectivity index (χ1) is 12.8. The van der Waals surface area contributed by atoms with Crippen LogP contribution in [0.4, 0.5) is 5.13 Å². The molecule has 0 radical (unpaired) electrons. The Hall–Kier alpha value is -2.51. The van der Waals surface area contributed by atoms with Gasteiger partial charge in [-0.05, 0) is 37.6 Å².